The summed E-state index contributed by atoms with van der Waals surface area (Å²) in [6.45, 7) is -0.745. The SMILES string of the molecule is COc1ccc(-n2c3c(cc(-c4ccc(=N)n(C=N)c4)c2=O)C=CC(OCC(F)F)N3)cc1. The van der Waals surface area contributed by atoms with Crippen molar-refractivity contribution in [1.29, 1.82) is 10.8 Å². The Hall–Kier alpha value is -4.05. The number of alkyl halides is 2. The van der Waals surface area contributed by atoms with Crippen molar-refractivity contribution in [3.8, 4) is 22.6 Å². The molecule has 1 unspecified atom stereocenters. The van der Waals surface area contributed by atoms with Crippen molar-refractivity contribution >= 4 is 18.2 Å². The predicted molar refractivity (Wildman–Crippen MR) is 120 cm³/mol. The molecule has 0 bridgehead atoms. The number of anilines is 1. The van der Waals surface area contributed by atoms with E-state index in [4.69, 9.17) is 20.3 Å². The Bertz CT molecular complexity index is 1330. The zero-order valence-electron chi connectivity index (χ0n) is 17.6. The number of nitrogens with zero attached hydrogens (tertiary/aromatic N) is 2. The average molecular weight is 453 g/mol. The van der Waals surface area contributed by atoms with Crippen LogP contribution in [0.4, 0.5) is 14.6 Å². The van der Waals surface area contributed by atoms with Crippen LogP contribution < -0.4 is 21.1 Å². The first-order valence-electron chi connectivity index (χ1n) is 9.98. The van der Waals surface area contributed by atoms with Crippen LogP contribution >= 0.6 is 0 Å². The van der Waals surface area contributed by atoms with Gasteiger partial charge in [0.1, 0.15) is 29.9 Å². The first kappa shape index (κ1) is 22.2. The smallest absolute Gasteiger partial charge is 0.264 e. The van der Waals surface area contributed by atoms with Gasteiger partial charge in [0.2, 0.25) is 0 Å². The maximum atomic E-state index is 13.6. The number of pyridine rings is 2. The van der Waals surface area contributed by atoms with Crippen molar-refractivity contribution in [2.45, 2.75) is 12.7 Å². The zero-order valence-corrected chi connectivity index (χ0v) is 17.6. The van der Waals surface area contributed by atoms with Gasteiger partial charge in [0.25, 0.3) is 12.0 Å². The number of rotatable bonds is 7. The van der Waals surface area contributed by atoms with E-state index in [1.807, 2.05) is 0 Å². The fourth-order valence-electron chi connectivity index (χ4n) is 3.53. The van der Waals surface area contributed by atoms with Crippen LogP contribution in [0.2, 0.25) is 0 Å². The van der Waals surface area contributed by atoms with E-state index in [9.17, 15) is 13.6 Å². The van der Waals surface area contributed by atoms with E-state index in [0.717, 1.165) is 6.34 Å². The van der Waals surface area contributed by atoms with Gasteiger partial charge in [-0.3, -0.25) is 24.7 Å². The fraction of sp³-hybridized carbons (Fsp3) is 0.174. The lowest BCUT2D eigenvalue weighted by molar-refractivity contribution is 0.00179. The molecule has 3 N–H and O–H groups in total. The second-order valence-corrected chi connectivity index (χ2v) is 7.19. The average Bonchev–Trinajstić information content (AvgIpc) is 2.83. The molecule has 1 aliphatic rings. The molecule has 1 atom stereocenters. The number of hydrogen-bond donors (Lipinski definition) is 3. The van der Waals surface area contributed by atoms with Crippen LogP contribution in [0.25, 0.3) is 22.9 Å². The van der Waals surface area contributed by atoms with Gasteiger partial charge in [0.15, 0.2) is 0 Å². The molecule has 1 aliphatic heterocycles. The molecule has 2 aromatic heterocycles. The van der Waals surface area contributed by atoms with E-state index in [1.165, 1.54) is 28.5 Å². The lowest BCUT2D eigenvalue weighted by Gasteiger charge is -2.26. The summed E-state index contributed by atoms with van der Waals surface area (Å²) in [6.07, 6.45) is 2.37. The van der Waals surface area contributed by atoms with Crippen molar-refractivity contribution in [3.63, 3.8) is 0 Å². The Balaban J connectivity index is 1.89. The molecule has 0 fully saturated rings. The predicted octanol–water partition coefficient (Wildman–Crippen LogP) is 3.30. The van der Waals surface area contributed by atoms with Crippen molar-refractivity contribution in [2.75, 3.05) is 19.0 Å². The summed E-state index contributed by atoms with van der Waals surface area (Å²) in [5, 5.41) is 18.4. The number of ether oxygens (including phenoxy) is 2. The number of fused-ring (bicyclic) bond motifs is 1. The summed E-state index contributed by atoms with van der Waals surface area (Å²) in [5.74, 6) is 1.01. The lowest BCUT2D eigenvalue weighted by Crippen LogP contribution is -2.32. The number of nitrogens with one attached hydrogen (secondary N) is 3. The molecule has 3 aromatic rings. The van der Waals surface area contributed by atoms with E-state index in [2.05, 4.69) is 5.32 Å². The summed E-state index contributed by atoms with van der Waals surface area (Å²) in [6, 6.07) is 11.7. The highest BCUT2D eigenvalue weighted by Crippen LogP contribution is 2.29. The van der Waals surface area contributed by atoms with E-state index in [1.54, 1.807) is 48.6 Å². The van der Waals surface area contributed by atoms with Gasteiger partial charge < -0.3 is 14.8 Å². The van der Waals surface area contributed by atoms with Crippen LogP contribution in [0.15, 0.2) is 59.5 Å². The zero-order chi connectivity index (χ0) is 23.5. The topological polar surface area (TPSA) is 105 Å². The summed E-state index contributed by atoms with van der Waals surface area (Å²) >= 11 is 0. The number of halogens is 2. The normalized spacial score (nSPS) is 14.6. The highest BCUT2D eigenvalue weighted by atomic mass is 19.3. The Labute approximate surface area is 187 Å². The van der Waals surface area contributed by atoms with E-state index in [-0.39, 0.29) is 11.0 Å². The first-order chi connectivity index (χ1) is 15.9. The second kappa shape index (κ2) is 9.21. The standard InChI is InChI=1S/C23H21F2N5O3/c1-32-17-6-4-16(5-7-17)30-22-14(3-9-21(28-22)33-12-19(24)25)10-18(23(30)31)15-2-8-20(27)29(11-15)13-26/h2-11,13,19,21,26-28H,12H2,1H3. The number of aromatic nitrogens is 2. The fourth-order valence-corrected chi connectivity index (χ4v) is 3.53. The summed E-state index contributed by atoms with van der Waals surface area (Å²) < 4.78 is 38.4. The number of hydrogen-bond acceptors (Lipinski definition) is 6. The molecule has 10 heteroatoms. The second-order valence-electron chi connectivity index (χ2n) is 7.19. The Morgan fingerprint density at radius 1 is 1.21 bits per heavy atom. The van der Waals surface area contributed by atoms with Crippen molar-refractivity contribution in [3.05, 3.63) is 76.1 Å². The molecule has 0 spiro atoms. The van der Waals surface area contributed by atoms with Crippen molar-refractivity contribution in [2.24, 2.45) is 0 Å². The molecule has 170 valence electrons. The van der Waals surface area contributed by atoms with Gasteiger partial charge in [-0.15, -0.1) is 0 Å². The van der Waals surface area contributed by atoms with E-state index in [0.29, 0.717) is 33.9 Å². The molecule has 0 amide bonds. The van der Waals surface area contributed by atoms with E-state index >= 15 is 0 Å². The Morgan fingerprint density at radius 3 is 2.64 bits per heavy atom. The lowest BCUT2D eigenvalue weighted by atomic mass is 10.0. The maximum absolute atomic E-state index is 13.6. The first-order valence-corrected chi connectivity index (χ1v) is 9.98. The molecule has 0 saturated heterocycles. The van der Waals surface area contributed by atoms with Gasteiger partial charge in [0.05, 0.1) is 19.1 Å². The molecular weight excluding hydrogens is 432 g/mol. The Morgan fingerprint density at radius 2 is 1.97 bits per heavy atom. The molecule has 8 nitrogen and oxygen atoms in total. The van der Waals surface area contributed by atoms with Gasteiger partial charge in [-0.2, -0.15) is 0 Å². The maximum Gasteiger partial charge on any atom is 0.264 e. The Kier molecular flexibility index (Phi) is 6.18. The molecule has 33 heavy (non-hydrogen) atoms. The van der Waals surface area contributed by atoms with Gasteiger partial charge in [-0.05, 0) is 48.5 Å². The minimum absolute atomic E-state index is 0.0998. The largest absolute Gasteiger partial charge is 0.497 e. The van der Waals surface area contributed by atoms with E-state index < -0.39 is 19.3 Å². The molecule has 0 saturated carbocycles. The molecule has 4 rings (SSSR count). The summed E-state index contributed by atoms with van der Waals surface area (Å²) in [4.78, 5) is 13.6. The van der Waals surface area contributed by atoms with Crippen molar-refractivity contribution < 1.29 is 18.3 Å². The number of benzene rings is 1. The highest BCUT2D eigenvalue weighted by molar-refractivity contribution is 5.76. The molecule has 3 heterocycles. The van der Waals surface area contributed by atoms with Crippen molar-refractivity contribution in [1.82, 2.24) is 9.13 Å². The van der Waals surface area contributed by atoms with Gasteiger partial charge in [0, 0.05) is 22.9 Å². The number of methoxy groups -OCH3 is 1. The highest BCUT2D eigenvalue weighted by Gasteiger charge is 2.22. The minimum Gasteiger partial charge on any atom is -0.497 e. The molecule has 0 aliphatic carbocycles. The third-order valence-electron chi connectivity index (χ3n) is 5.12. The van der Waals surface area contributed by atoms with Crippen LogP contribution in [0.3, 0.4) is 0 Å². The monoisotopic (exact) mass is 453 g/mol. The molecular formula is C23H21F2N5O3. The third-order valence-corrected chi connectivity index (χ3v) is 5.12. The van der Waals surface area contributed by atoms with Crippen LogP contribution in [-0.2, 0) is 4.74 Å². The molecule has 1 aromatic carbocycles. The van der Waals surface area contributed by atoms with Gasteiger partial charge in [-0.25, -0.2) is 8.78 Å². The van der Waals surface area contributed by atoms with Crippen LogP contribution in [-0.4, -0.2) is 41.8 Å². The van der Waals surface area contributed by atoms with Crippen LogP contribution in [0.5, 0.6) is 5.75 Å². The van der Waals surface area contributed by atoms with Crippen LogP contribution in [0, 0.1) is 10.8 Å². The van der Waals surface area contributed by atoms with Gasteiger partial charge >= 0.3 is 0 Å². The summed E-state index contributed by atoms with van der Waals surface area (Å²) in [7, 11) is 1.54. The third kappa shape index (κ3) is 4.46. The quantitative estimate of drug-likeness (QED) is 0.377. The molecule has 0 radical (unpaired) electrons. The van der Waals surface area contributed by atoms with Crippen LogP contribution in [0.1, 0.15) is 5.56 Å². The van der Waals surface area contributed by atoms with Gasteiger partial charge in [-0.1, -0.05) is 6.08 Å². The summed E-state index contributed by atoms with van der Waals surface area (Å²) in [5.41, 5.74) is 1.78. The minimum atomic E-state index is -2.62.